The van der Waals surface area contributed by atoms with Crippen molar-refractivity contribution in [3.8, 4) is 0 Å². The number of rotatable bonds is 4. The Morgan fingerprint density at radius 2 is 2.22 bits per heavy atom. The van der Waals surface area contributed by atoms with Gasteiger partial charge in [0.1, 0.15) is 0 Å². The first-order valence-corrected chi connectivity index (χ1v) is 7.54. The number of hydrogen-bond acceptors (Lipinski definition) is 3. The second kappa shape index (κ2) is 6.25. The molecule has 4 heteroatoms. The summed E-state index contributed by atoms with van der Waals surface area (Å²) in [5.41, 5.74) is 0.720. The summed E-state index contributed by atoms with van der Waals surface area (Å²) in [7, 11) is 0. The Labute approximate surface area is 112 Å². The van der Waals surface area contributed by atoms with Gasteiger partial charge in [0.2, 0.25) is 0 Å². The van der Waals surface area contributed by atoms with Gasteiger partial charge in [-0.2, -0.15) is 0 Å². The third-order valence-corrected chi connectivity index (χ3v) is 4.29. The van der Waals surface area contributed by atoms with Crippen LogP contribution >= 0.6 is 11.8 Å². The Kier molecular flexibility index (Phi) is 4.66. The molecule has 0 aromatic heterocycles. The Balaban J connectivity index is 1.95. The molecule has 1 aromatic rings. The number of carbonyl (C=O) groups excluding carboxylic acids is 1. The van der Waals surface area contributed by atoms with Crippen molar-refractivity contribution in [3.63, 3.8) is 0 Å². The quantitative estimate of drug-likeness (QED) is 0.821. The smallest absolute Gasteiger partial charge is 0.252 e. The van der Waals surface area contributed by atoms with Gasteiger partial charge in [0.25, 0.3) is 5.91 Å². The van der Waals surface area contributed by atoms with Crippen LogP contribution in [0.1, 0.15) is 29.6 Å². The molecule has 0 heterocycles. The van der Waals surface area contributed by atoms with Crippen LogP contribution in [0.25, 0.3) is 0 Å². The molecule has 0 bridgehead atoms. The molecule has 98 valence electrons. The van der Waals surface area contributed by atoms with Crippen molar-refractivity contribution in [2.75, 3.05) is 12.8 Å². The van der Waals surface area contributed by atoms with E-state index in [-0.39, 0.29) is 17.9 Å². The highest BCUT2D eigenvalue weighted by molar-refractivity contribution is 7.98. The lowest BCUT2D eigenvalue weighted by molar-refractivity contribution is 0.0914. The summed E-state index contributed by atoms with van der Waals surface area (Å²) in [5.74, 6) is 0.175. The van der Waals surface area contributed by atoms with Crippen LogP contribution in [0.15, 0.2) is 29.2 Å². The molecular weight excluding hydrogens is 246 g/mol. The highest BCUT2D eigenvalue weighted by atomic mass is 32.2. The standard InChI is InChI=1S/C14H19NO2S/c1-18-13-8-3-2-6-11(13)14(17)15-9-10-5-4-7-12(10)16/h2-3,6,8,10,12,16H,4-5,7,9H2,1H3,(H,15,17). The number of aliphatic hydroxyl groups excluding tert-OH is 1. The highest BCUT2D eigenvalue weighted by Gasteiger charge is 2.25. The van der Waals surface area contributed by atoms with Gasteiger partial charge in [0, 0.05) is 17.4 Å². The van der Waals surface area contributed by atoms with Gasteiger partial charge >= 0.3 is 0 Å². The van der Waals surface area contributed by atoms with Gasteiger partial charge in [-0.15, -0.1) is 11.8 Å². The molecule has 3 nitrogen and oxygen atoms in total. The highest BCUT2D eigenvalue weighted by Crippen LogP contribution is 2.25. The van der Waals surface area contributed by atoms with Gasteiger partial charge in [-0.25, -0.2) is 0 Å². The first kappa shape index (κ1) is 13.4. The summed E-state index contributed by atoms with van der Waals surface area (Å²) >= 11 is 1.57. The SMILES string of the molecule is CSc1ccccc1C(=O)NCC1CCCC1O. The average Bonchev–Trinajstić information content (AvgIpc) is 2.81. The molecule has 18 heavy (non-hydrogen) atoms. The van der Waals surface area contributed by atoms with Crippen LogP contribution in [0.2, 0.25) is 0 Å². The zero-order chi connectivity index (χ0) is 13.0. The van der Waals surface area contributed by atoms with Gasteiger partial charge in [-0.05, 0) is 31.2 Å². The molecule has 0 radical (unpaired) electrons. The molecule has 0 spiro atoms. The van der Waals surface area contributed by atoms with Crippen LogP contribution in [-0.2, 0) is 0 Å². The molecule has 2 unspecified atom stereocenters. The van der Waals surface area contributed by atoms with Gasteiger partial charge < -0.3 is 10.4 Å². The molecule has 1 amide bonds. The molecule has 0 aliphatic heterocycles. The van der Waals surface area contributed by atoms with Crippen LogP contribution in [-0.4, -0.2) is 29.9 Å². The van der Waals surface area contributed by atoms with Crippen molar-refractivity contribution in [2.45, 2.75) is 30.3 Å². The second-order valence-corrected chi connectivity index (χ2v) is 5.52. The lowest BCUT2D eigenvalue weighted by Gasteiger charge is -2.15. The fourth-order valence-electron chi connectivity index (χ4n) is 2.41. The van der Waals surface area contributed by atoms with Gasteiger partial charge in [-0.3, -0.25) is 4.79 Å². The Bertz CT molecular complexity index is 422. The number of aliphatic hydroxyl groups is 1. The van der Waals surface area contributed by atoms with Gasteiger partial charge in [-0.1, -0.05) is 18.6 Å². The maximum absolute atomic E-state index is 12.1. The minimum Gasteiger partial charge on any atom is -0.393 e. The van der Waals surface area contributed by atoms with Crippen molar-refractivity contribution < 1.29 is 9.90 Å². The average molecular weight is 265 g/mol. The monoisotopic (exact) mass is 265 g/mol. The predicted octanol–water partition coefficient (Wildman–Crippen LogP) is 2.30. The number of hydrogen-bond donors (Lipinski definition) is 2. The van der Waals surface area contributed by atoms with Gasteiger partial charge in [0.15, 0.2) is 0 Å². The molecule has 1 fully saturated rings. The van der Waals surface area contributed by atoms with Gasteiger partial charge in [0.05, 0.1) is 11.7 Å². The van der Waals surface area contributed by atoms with E-state index in [1.807, 2.05) is 30.5 Å². The zero-order valence-electron chi connectivity index (χ0n) is 10.6. The van der Waals surface area contributed by atoms with E-state index in [4.69, 9.17) is 0 Å². The molecule has 2 atom stereocenters. The molecule has 0 saturated heterocycles. The molecule has 1 aliphatic rings. The fourth-order valence-corrected chi connectivity index (χ4v) is 3.00. The summed E-state index contributed by atoms with van der Waals surface area (Å²) in [6.45, 7) is 0.572. The van der Waals surface area contributed by atoms with Crippen molar-refractivity contribution >= 4 is 17.7 Å². The number of amides is 1. The fraction of sp³-hybridized carbons (Fsp3) is 0.500. The number of carbonyl (C=O) groups is 1. The van der Waals surface area contributed by atoms with Crippen LogP contribution < -0.4 is 5.32 Å². The van der Waals surface area contributed by atoms with Crippen LogP contribution in [0.3, 0.4) is 0 Å². The number of benzene rings is 1. The van der Waals surface area contributed by atoms with Crippen molar-refractivity contribution in [2.24, 2.45) is 5.92 Å². The first-order valence-electron chi connectivity index (χ1n) is 6.31. The Hall–Kier alpha value is -1.00. The van der Waals surface area contributed by atoms with E-state index in [1.165, 1.54) is 0 Å². The van der Waals surface area contributed by atoms with E-state index >= 15 is 0 Å². The number of nitrogens with one attached hydrogen (secondary N) is 1. The summed E-state index contributed by atoms with van der Waals surface area (Å²) in [6, 6.07) is 7.60. The second-order valence-electron chi connectivity index (χ2n) is 4.67. The lowest BCUT2D eigenvalue weighted by atomic mass is 10.1. The van der Waals surface area contributed by atoms with E-state index in [0.29, 0.717) is 6.54 Å². The molecule has 2 rings (SSSR count). The summed E-state index contributed by atoms with van der Waals surface area (Å²) in [4.78, 5) is 13.1. The maximum atomic E-state index is 12.1. The minimum absolute atomic E-state index is 0.0425. The van der Waals surface area contributed by atoms with Crippen LogP contribution in [0.5, 0.6) is 0 Å². The first-order chi connectivity index (χ1) is 8.72. The molecular formula is C14H19NO2S. The van der Waals surface area contributed by atoms with E-state index in [0.717, 1.165) is 29.7 Å². The largest absolute Gasteiger partial charge is 0.393 e. The number of thioether (sulfide) groups is 1. The van der Waals surface area contributed by atoms with E-state index in [2.05, 4.69) is 5.32 Å². The van der Waals surface area contributed by atoms with Crippen molar-refractivity contribution in [3.05, 3.63) is 29.8 Å². The molecule has 2 N–H and O–H groups in total. The van der Waals surface area contributed by atoms with Crippen LogP contribution in [0.4, 0.5) is 0 Å². The Morgan fingerprint density at radius 1 is 1.44 bits per heavy atom. The summed E-state index contributed by atoms with van der Waals surface area (Å²) < 4.78 is 0. The Morgan fingerprint density at radius 3 is 2.89 bits per heavy atom. The summed E-state index contributed by atoms with van der Waals surface area (Å²) in [5, 5.41) is 12.7. The van der Waals surface area contributed by atoms with Crippen molar-refractivity contribution in [1.82, 2.24) is 5.32 Å². The predicted molar refractivity (Wildman–Crippen MR) is 73.9 cm³/mol. The third-order valence-electron chi connectivity index (χ3n) is 3.50. The van der Waals surface area contributed by atoms with Crippen molar-refractivity contribution in [1.29, 1.82) is 0 Å². The van der Waals surface area contributed by atoms with Crippen LogP contribution in [0, 0.1) is 5.92 Å². The van der Waals surface area contributed by atoms with E-state index < -0.39 is 0 Å². The summed E-state index contributed by atoms with van der Waals surface area (Å²) in [6.07, 6.45) is 4.64. The molecule has 1 aliphatic carbocycles. The molecule has 1 saturated carbocycles. The van der Waals surface area contributed by atoms with E-state index in [9.17, 15) is 9.90 Å². The lowest BCUT2D eigenvalue weighted by Crippen LogP contribution is -2.32. The molecule has 1 aromatic carbocycles. The minimum atomic E-state index is -0.249. The zero-order valence-corrected chi connectivity index (χ0v) is 11.4. The topological polar surface area (TPSA) is 49.3 Å². The normalized spacial score (nSPS) is 23.0. The third kappa shape index (κ3) is 3.06. The van der Waals surface area contributed by atoms with E-state index in [1.54, 1.807) is 11.8 Å². The maximum Gasteiger partial charge on any atom is 0.252 e.